The Labute approximate surface area is 183 Å². The molecular formula is C20H23N5O6S. The Bertz CT molecular complexity index is 1350. The van der Waals surface area contributed by atoms with Crippen LogP contribution < -0.4 is 11.3 Å². The predicted octanol–water partition coefficient (Wildman–Crippen LogP) is 1.28. The third-order valence-corrected chi connectivity index (χ3v) is 7.13. The number of fused-ring (bicyclic) bond motifs is 1. The summed E-state index contributed by atoms with van der Waals surface area (Å²) in [6.45, 7) is 4.24. The van der Waals surface area contributed by atoms with Gasteiger partial charge in [0.25, 0.3) is 5.56 Å². The number of nitrogens with zero attached hydrogens (tertiary/aromatic N) is 4. The lowest BCUT2D eigenvalue weighted by Crippen LogP contribution is -2.30. The first-order valence-corrected chi connectivity index (χ1v) is 11.6. The van der Waals surface area contributed by atoms with E-state index in [1.54, 1.807) is 13.8 Å². The van der Waals surface area contributed by atoms with Gasteiger partial charge in [-0.2, -0.15) is 9.29 Å². The molecule has 12 heteroatoms. The summed E-state index contributed by atoms with van der Waals surface area (Å²) in [4.78, 5) is 33.1. The molecule has 3 aromatic rings. The zero-order valence-corrected chi connectivity index (χ0v) is 18.5. The second-order valence-corrected chi connectivity index (χ2v) is 9.34. The summed E-state index contributed by atoms with van der Waals surface area (Å²) in [5, 5.41) is 0.238. The maximum Gasteiger partial charge on any atom is 0.342 e. The van der Waals surface area contributed by atoms with Crippen molar-refractivity contribution in [3.8, 4) is 0 Å². The van der Waals surface area contributed by atoms with Crippen LogP contribution in [-0.4, -0.2) is 52.9 Å². The Morgan fingerprint density at radius 3 is 2.66 bits per heavy atom. The van der Waals surface area contributed by atoms with Crippen LogP contribution in [0.4, 0.5) is 5.82 Å². The van der Waals surface area contributed by atoms with E-state index in [0.717, 1.165) is 12.8 Å². The number of carbonyl (C=O) groups is 1. The molecule has 11 nitrogen and oxygen atoms in total. The van der Waals surface area contributed by atoms with Crippen LogP contribution in [0.2, 0.25) is 0 Å². The Hall–Kier alpha value is -3.25. The van der Waals surface area contributed by atoms with E-state index in [2.05, 4.69) is 9.97 Å². The Morgan fingerprint density at radius 2 is 1.97 bits per heavy atom. The van der Waals surface area contributed by atoms with Crippen molar-refractivity contribution < 1.29 is 22.4 Å². The van der Waals surface area contributed by atoms with Gasteiger partial charge < -0.3 is 19.5 Å². The number of aromatic nitrogens is 3. The quantitative estimate of drug-likeness (QED) is 0.535. The number of furan rings is 1. The summed E-state index contributed by atoms with van der Waals surface area (Å²) in [6, 6.07) is 2.49. The number of esters is 1. The lowest BCUT2D eigenvalue weighted by molar-refractivity contribution is 0.0526. The maximum absolute atomic E-state index is 12.8. The molecule has 32 heavy (non-hydrogen) atoms. The van der Waals surface area contributed by atoms with Crippen LogP contribution in [0.25, 0.3) is 11.1 Å². The standard InChI is InChI=1S/C20H23N5O6S/c1-3-30-20(27)16-12(2)31-19-17(16)18(21)22-14(23-19)11-24-10-13(6-7-15(24)26)32(28,29)25-8-4-5-9-25/h6-7,10H,3-5,8-9,11H2,1-2H3,(H2,21,22,23). The van der Waals surface area contributed by atoms with Gasteiger partial charge in [-0.15, -0.1) is 0 Å². The number of carbonyl (C=O) groups excluding carboxylic acids is 1. The Kier molecular flexibility index (Phi) is 5.73. The summed E-state index contributed by atoms with van der Waals surface area (Å²) in [5.74, 6) is -0.175. The van der Waals surface area contributed by atoms with Crippen LogP contribution in [0.5, 0.6) is 0 Å². The van der Waals surface area contributed by atoms with E-state index in [1.807, 2.05) is 0 Å². The molecule has 0 aliphatic carbocycles. The molecular weight excluding hydrogens is 438 g/mol. The van der Waals surface area contributed by atoms with Gasteiger partial charge in [-0.3, -0.25) is 4.79 Å². The minimum absolute atomic E-state index is 0.00112. The van der Waals surface area contributed by atoms with Crippen molar-refractivity contribution in [3.05, 3.63) is 45.8 Å². The number of anilines is 1. The molecule has 2 N–H and O–H groups in total. The number of aryl methyl sites for hydroxylation is 1. The average molecular weight is 462 g/mol. The Balaban J connectivity index is 1.71. The van der Waals surface area contributed by atoms with Gasteiger partial charge in [-0.1, -0.05) is 0 Å². The molecule has 170 valence electrons. The fourth-order valence-electron chi connectivity index (χ4n) is 3.72. The second kappa shape index (κ2) is 8.36. The van der Waals surface area contributed by atoms with Crippen molar-refractivity contribution in [2.45, 2.75) is 38.1 Å². The first kappa shape index (κ1) is 22.0. The lowest BCUT2D eigenvalue weighted by atomic mass is 10.2. The number of sulfonamides is 1. The molecule has 1 saturated heterocycles. The predicted molar refractivity (Wildman–Crippen MR) is 115 cm³/mol. The van der Waals surface area contributed by atoms with E-state index in [-0.39, 0.29) is 52.1 Å². The molecule has 1 fully saturated rings. The van der Waals surface area contributed by atoms with Gasteiger partial charge in [0.05, 0.1) is 23.4 Å². The van der Waals surface area contributed by atoms with Gasteiger partial charge in [-0.05, 0) is 32.8 Å². The van der Waals surface area contributed by atoms with Crippen LogP contribution in [0.3, 0.4) is 0 Å². The number of hydrogen-bond acceptors (Lipinski definition) is 9. The van der Waals surface area contributed by atoms with Gasteiger partial charge >= 0.3 is 5.97 Å². The highest BCUT2D eigenvalue weighted by atomic mass is 32.2. The van der Waals surface area contributed by atoms with E-state index in [9.17, 15) is 18.0 Å². The number of pyridine rings is 1. The highest BCUT2D eigenvalue weighted by Gasteiger charge is 2.28. The van der Waals surface area contributed by atoms with E-state index in [1.165, 1.54) is 27.2 Å². The third kappa shape index (κ3) is 3.86. The van der Waals surface area contributed by atoms with Crippen LogP contribution in [-0.2, 0) is 21.3 Å². The Morgan fingerprint density at radius 1 is 1.25 bits per heavy atom. The van der Waals surface area contributed by atoms with Gasteiger partial charge in [0, 0.05) is 25.4 Å². The fraction of sp³-hybridized carbons (Fsp3) is 0.400. The zero-order valence-electron chi connectivity index (χ0n) is 17.7. The van der Waals surface area contributed by atoms with E-state index in [4.69, 9.17) is 14.9 Å². The van der Waals surface area contributed by atoms with Crippen LogP contribution in [0.1, 0.15) is 41.7 Å². The molecule has 0 unspecified atom stereocenters. The van der Waals surface area contributed by atoms with Gasteiger partial charge in [0.15, 0.2) is 5.82 Å². The highest BCUT2D eigenvalue weighted by molar-refractivity contribution is 7.89. The van der Waals surface area contributed by atoms with Crippen molar-refractivity contribution in [1.82, 2.24) is 18.8 Å². The molecule has 0 amide bonds. The third-order valence-electron chi connectivity index (χ3n) is 5.25. The molecule has 4 heterocycles. The van der Waals surface area contributed by atoms with Crippen molar-refractivity contribution >= 4 is 32.9 Å². The minimum Gasteiger partial charge on any atom is -0.462 e. The van der Waals surface area contributed by atoms with Crippen molar-refractivity contribution in [2.24, 2.45) is 0 Å². The van der Waals surface area contributed by atoms with Gasteiger partial charge in [0.1, 0.15) is 17.1 Å². The topological polar surface area (TPSA) is 151 Å². The van der Waals surface area contributed by atoms with Crippen molar-refractivity contribution in [1.29, 1.82) is 0 Å². The van der Waals surface area contributed by atoms with Gasteiger partial charge in [-0.25, -0.2) is 18.2 Å². The zero-order chi connectivity index (χ0) is 23.0. The molecule has 1 aliphatic rings. The maximum atomic E-state index is 12.8. The van der Waals surface area contributed by atoms with E-state index in [0.29, 0.717) is 13.1 Å². The first-order chi connectivity index (χ1) is 15.2. The van der Waals surface area contributed by atoms with Gasteiger partial charge in [0.2, 0.25) is 15.7 Å². The molecule has 0 radical (unpaired) electrons. The smallest absolute Gasteiger partial charge is 0.342 e. The summed E-state index contributed by atoms with van der Waals surface area (Å²) in [6.07, 6.45) is 2.89. The molecule has 0 spiro atoms. The average Bonchev–Trinajstić information content (AvgIpc) is 3.38. The second-order valence-electron chi connectivity index (χ2n) is 7.40. The van der Waals surface area contributed by atoms with Crippen LogP contribution >= 0.6 is 0 Å². The minimum atomic E-state index is -3.69. The van der Waals surface area contributed by atoms with Crippen molar-refractivity contribution in [3.63, 3.8) is 0 Å². The van der Waals surface area contributed by atoms with Crippen LogP contribution in [0, 0.1) is 6.92 Å². The molecule has 1 aliphatic heterocycles. The molecule has 3 aromatic heterocycles. The molecule has 0 atom stereocenters. The monoisotopic (exact) mass is 461 g/mol. The number of nitrogens with two attached hydrogens (primary N) is 1. The molecule has 4 rings (SSSR count). The lowest BCUT2D eigenvalue weighted by Gasteiger charge is -2.16. The van der Waals surface area contributed by atoms with Crippen molar-refractivity contribution in [2.75, 3.05) is 25.4 Å². The summed E-state index contributed by atoms with van der Waals surface area (Å²) >= 11 is 0. The number of ether oxygens (including phenoxy) is 1. The summed E-state index contributed by atoms with van der Waals surface area (Å²) in [5.41, 5.74) is 5.89. The largest absolute Gasteiger partial charge is 0.462 e. The number of hydrogen-bond donors (Lipinski definition) is 1. The van der Waals surface area contributed by atoms with E-state index < -0.39 is 21.6 Å². The summed E-state index contributed by atoms with van der Waals surface area (Å²) < 4.78 is 38.9. The number of nitrogen functional groups attached to an aromatic ring is 1. The first-order valence-electron chi connectivity index (χ1n) is 10.2. The van der Waals surface area contributed by atoms with E-state index >= 15 is 0 Å². The van der Waals surface area contributed by atoms with Crippen LogP contribution in [0.15, 0.2) is 32.4 Å². The highest BCUT2D eigenvalue weighted by Crippen LogP contribution is 2.29. The SMILES string of the molecule is CCOC(=O)c1c(C)oc2nc(Cn3cc(S(=O)(=O)N4CCCC4)ccc3=O)nc(N)c12. The number of rotatable bonds is 6. The summed E-state index contributed by atoms with van der Waals surface area (Å²) in [7, 11) is -3.69. The normalized spacial score (nSPS) is 14.8. The molecule has 0 bridgehead atoms. The molecule has 0 aromatic carbocycles. The fourth-order valence-corrected chi connectivity index (χ4v) is 5.26. The molecule has 0 saturated carbocycles.